The summed E-state index contributed by atoms with van der Waals surface area (Å²) in [5.41, 5.74) is 0. The van der Waals surface area contributed by atoms with Gasteiger partial charge in [0.05, 0.1) is 12.0 Å². The second-order valence-corrected chi connectivity index (χ2v) is 2.69. The Kier molecular flexibility index (Phi) is 1.83. The summed E-state index contributed by atoms with van der Waals surface area (Å²) >= 11 is 0. The number of terminal acetylenes is 1. The minimum Gasteiger partial charge on any atom is -0.329 e. The van der Waals surface area contributed by atoms with Crippen LogP contribution in [0.3, 0.4) is 0 Å². The number of nitriles is 1. The molecule has 2 nitrogen and oxygen atoms in total. The summed E-state index contributed by atoms with van der Waals surface area (Å²) in [6.45, 7) is 2.80. The van der Waals surface area contributed by atoms with E-state index in [9.17, 15) is 0 Å². The zero-order valence-corrected chi connectivity index (χ0v) is 6.04. The van der Waals surface area contributed by atoms with Gasteiger partial charge in [-0.15, -0.1) is 0 Å². The molecular weight excluding hydrogens is 124 g/mol. The van der Waals surface area contributed by atoms with Crippen LogP contribution in [0.4, 0.5) is 0 Å². The van der Waals surface area contributed by atoms with Crippen LogP contribution in [0.15, 0.2) is 0 Å². The number of hydrogen-bond donors (Lipinski definition) is 0. The molecule has 1 fully saturated rings. The van der Waals surface area contributed by atoms with Gasteiger partial charge >= 0.3 is 0 Å². The average molecular weight is 134 g/mol. The highest BCUT2D eigenvalue weighted by Gasteiger charge is 2.26. The predicted molar refractivity (Wildman–Crippen MR) is 38.7 cm³/mol. The maximum absolute atomic E-state index is 8.55. The van der Waals surface area contributed by atoms with Crippen LogP contribution in [0.5, 0.6) is 0 Å². The van der Waals surface area contributed by atoms with Crippen LogP contribution in [-0.4, -0.2) is 17.5 Å². The number of rotatable bonds is 0. The van der Waals surface area contributed by atoms with E-state index >= 15 is 0 Å². The summed E-state index contributed by atoms with van der Waals surface area (Å²) in [6, 6.07) is 5.17. The second kappa shape index (κ2) is 2.62. The molecule has 0 amide bonds. The Balaban J connectivity index is 2.56. The molecular formula is C8H10N2. The normalized spacial score (nSPS) is 31.3. The van der Waals surface area contributed by atoms with Crippen LogP contribution >= 0.6 is 0 Å². The molecule has 0 N–H and O–H groups in total. The Morgan fingerprint density at radius 2 is 2.40 bits per heavy atom. The van der Waals surface area contributed by atoms with Gasteiger partial charge in [-0.05, 0) is 13.3 Å². The minimum absolute atomic E-state index is 0.144. The van der Waals surface area contributed by atoms with Crippen LogP contribution in [-0.2, 0) is 0 Å². The number of hydrogen-bond acceptors (Lipinski definition) is 2. The summed E-state index contributed by atoms with van der Waals surface area (Å²) in [6.07, 6.45) is 6.13. The Labute approximate surface area is 61.4 Å². The van der Waals surface area contributed by atoms with Gasteiger partial charge in [-0.25, -0.2) is 0 Å². The van der Waals surface area contributed by atoms with E-state index < -0.39 is 0 Å². The van der Waals surface area contributed by atoms with Gasteiger partial charge in [-0.2, -0.15) is 5.26 Å². The van der Waals surface area contributed by atoms with E-state index in [-0.39, 0.29) is 5.92 Å². The van der Waals surface area contributed by atoms with Crippen molar-refractivity contribution in [3.05, 3.63) is 0 Å². The Bertz CT molecular complexity index is 196. The fourth-order valence-corrected chi connectivity index (χ4v) is 1.30. The fourth-order valence-electron chi connectivity index (χ4n) is 1.30. The van der Waals surface area contributed by atoms with Gasteiger partial charge in [-0.3, -0.25) is 0 Å². The summed E-state index contributed by atoms with van der Waals surface area (Å²) in [7, 11) is 0. The van der Waals surface area contributed by atoms with Crippen molar-refractivity contribution < 1.29 is 0 Å². The molecule has 0 spiro atoms. The Morgan fingerprint density at radius 1 is 1.70 bits per heavy atom. The lowest BCUT2D eigenvalue weighted by molar-refractivity contribution is 0.393. The van der Waals surface area contributed by atoms with E-state index in [1.165, 1.54) is 0 Å². The van der Waals surface area contributed by atoms with Crippen LogP contribution in [0.1, 0.15) is 13.3 Å². The topological polar surface area (TPSA) is 27.0 Å². The van der Waals surface area contributed by atoms with Crippen LogP contribution in [0.25, 0.3) is 0 Å². The third-order valence-corrected chi connectivity index (χ3v) is 1.92. The molecule has 1 rings (SSSR count). The quantitative estimate of drug-likeness (QED) is 0.458. The zero-order valence-electron chi connectivity index (χ0n) is 6.04. The van der Waals surface area contributed by atoms with Gasteiger partial charge in [0.2, 0.25) is 0 Å². The molecule has 2 atom stereocenters. The van der Waals surface area contributed by atoms with E-state index in [0.29, 0.717) is 6.04 Å². The van der Waals surface area contributed by atoms with E-state index in [4.69, 9.17) is 11.7 Å². The van der Waals surface area contributed by atoms with Gasteiger partial charge in [0.1, 0.15) is 0 Å². The zero-order chi connectivity index (χ0) is 7.56. The SMILES string of the molecule is C#CN1CC(C#N)CC1C. The van der Waals surface area contributed by atoms with Crippen LogP contribution in [0.2, 0.25) is 0 Å². The van der Waals surface area contributed by atoms with Crippen molar-refractivity contribution in [3.63, 3.8) is 0 Å². The standard InChI is InChI=1S/C8H10N2/c1-3-10-6-8(5-9)4-7(10)2/h1,7-8H,4,6H2,2H3. The van der Waals surface area contributed by atoms with Crippen molar-refractivity contribution in [2.75, 3.05) is 6.54 Å². The monoisotopic (exact) mass is 134 g/mol. The molecule has 1 saturated heterocycles. The first-order valence-electron chi connectivity index (χ1n) is 3.40. The highest BCUT2D eigenvalue weighted by Crippen LogP contribution is 2.20. The van der Waals surface area contributed by atoms with Crippen molar-refractivity contribution in [1.29, 1.82) is 5.26 Å². The van der Waals surface area contributed by atoms with Gasteiger partial charge in [-0.1, -0.05) is 6.42 Å². The van der Waals surface area contributed by atoms with Crippen molar-refractivity contribution in [2.24, 2.45) is 5.92 Å². The molecule has 0 radical (unpaired) electrons. The number of likely N-dealkylation sites (tertiary alicyclic amines) is 1. The molecule has 1 heterocycles. The van der Waals surface area contributed by atoms with Gasteiger partial charge in [0.25, 0.3) is 0 Å². The molecule has 2 heteroatoms. The van der Waals surface area contributed by atoms with Crippen molar-refractivity contribution >= 4 is 0 Å². The molecule has 0 aromatic rings. The molecule has 1 aliphatic rings. The first-order chi connectivity index (χ1) is 4.77. The predicted octanol–water partition coefficient (Wildman–Crippen LogP) is 0.811. The van der Waals surface area contributed by atoms with Crippen molar-refractivity contribution in [3.8, 4) is 18.5 Å². The Hall–Kier alpha value is -1.15. The average Bonchev–Trinajstić information content (AvgIpc) is 2.30. The van der Waals surface area contributed by atoms with Crippen LogP contribution < -0.4 is 0 Å². The first kappa shape index (κ1) is 6.96. The highest BCUT2D eigenvalue weighted by atomic mass is 15.2. The molecule has 2 unspecified atom stereocenters. The lowest BCUT2D eigenvalue weighted by atomic mass is 10.1. The second-order valence-electron chi connectivity index (χ2n) is 2.69. The maximum atomic E-state index is 8.55. The van der Waals surface area contributed by atoms with Crippen molar-refractivity contribution in [1.82, 2.24) is 4.90 Å². The summed E-state index contributed by atoms with van der Waals surface area (Å²) < 4.78 is 0. The van der Waals surface area contributed by atoms with Gasteiger partial charge in [0, 0.05) is 18.6 Å². The molecule has 0 saturated carbocycles. The maximum Gasteiger partial charge on any atom is 0.0675 e. The van der Waals surface area contributed by atoms with Crippen LogP contribution in [0, 0.1) is 29.7 Å². The van der Waals surface area contributed by atoms with E-state index in [1.54, 1.807) is 0 Å². The molecule has 1 aliphatic heterocycles. The smallest absolute Gasteiger partial charge is 0.0675 e. The number of nitrogens with zero attached hydrogens (tertiary/aromatic N) is 2. The largest absolute Gasteiger partial charge is 0.329 e. The molecule has 0 aromatic heterocycles. The van der Waals surface area contributed by atoms with Gasteiger partial charge in [0.15, 0.2) is 0 Å². The fraction of sp³-hybridized carbons (Fsp3) is 0.625. The molecule has 0 bridgehead atoms. The first-order valence-corrected chi connectivity index (χ1v) is 3.40. The summed E-state index contributed by atoms with van der Waals surface area (Å²) in [4.78, 5) is 1.88. The van der Waals surface area contributed by atoms with E-state index in [1.807, 2.05) is 4.90 Å². The third-order valence-electron chi connectivity index (χ3n) is 1.92. The lowest BCUT2D eigenvalue weighted by Crippen LogP contribution is -2.20. The van der Waals surface area contributed by atoms with E-state index in [2.05, 4.69) is 19.0 Å². The van der Waals surface area contributed by atoms with E-state index in [0.717, 1.165) is 13.0 Å². The minimum atomic E-state index is 0.144. The van der Waals surface area contributed by atoms with Crippen molar-refractivity contribution in [2.45, 2.75) is 19.4 Å². The Morgan fingerprint density at radius 3 is 2.70 bits per heavy atom. The highest BCUT2D eigenvalue weighted by molar-refractivity contribution is 5.01. The summed E-state index contributed by atoms with van der Waals surface area (Å²) in [5.74, 6) is 0.144. The van der Waals surface area contributed by atoms with Gasteiger partial charge < -0.3 is 4.90 Å². The summed E-state index contributed by atoms with van der Waals surface area (Å²) in [5, 5.41) is 8.55. The molecule has 10 heavy (non-hydrogen) atoms. The molecule has 0 aromatic carbocycles. The third kappa shape index (κ3) is 1.06. The lowest BCUT2D eigenvalue weighted by Gasteiger charge is -2.13. The molecule has 52 valence electrons. The molecule has 0 aliphatic carbocycles.